The number of nitrogens with zero attached hydrogens (tertiary/aromatic N) is 2. The molecule has 0 spiro atoms. The molecule has 5 aromatic rings. The molecule has 2 atom stereocenters. The van der Waals surface area contributed by atoms with E-state index in [9.17, 15) is 14.4 Å². The average Bonchev–Trinajstić information content (AvgIpc) is 3.15. The van der Waals surface area contributed by atoms with E-state index in [1.54, 1.807) is 18.2 Å². The topological polar surface area (TPSA) is 79.0 Å². The predicted molar refractivity (Wildman–Crippen MR) is 208 cm³/mol. The predicted octanol–water partition coefficient (Wildman–Crippen LogP) is 9.19. The Morgan fingerprint density at radius 2 is 1.40 bits per heavy atom. The summed E-state index contributed by atoms with van der Waals surface area (Å²) in [7, 11) is 0. The molecule has 3 aliphatic heterocycles. The third kappa shape index (κ3) is 6.32. The van der Waals surface area contributed by atoms with Crippen molar-refractivity contribution in [1.29, 1.82) is 0 Å². The smallest absolute Gasteiger partial charge is 0.335 e. The van der Waals surface area contributed by atoms with Crippen LogP contribution < -0.4 is 19.9 Å². The van der Waals surface area contributed by atoms with E-state index in [1.807, 2.05) is 30.3 Å². The fourth-order valence-corrected chi connectivity index (χ4v) is 8.32. The zero-order valence-electron chi connectivity index (χ0n) is 29.1. The highest BCUT2D eigenvalue weighted by molar-refractivity contribution is 9.10. The maximum absolute atomic E-state index is 14.3. The minimum atomic E-state index is -0.758. The van der Waals surface area contributed by atoms with Gasteiger partial charge in [0, 0.05) is 30.6 Å². The number of urea groups is 1. The van der Waals surface area contributed by atoms with E-state index in [0.717, 1.165) is 47.5 Å². The van der Waals surface area contributed by atoms with Crippen LogP contribution in [0.25, 0.3) is 6.08 Å². The molecule has 0 unspecified atom stereocenters. The van der Waals surface area contributed by atoms with Crippen molar-refractivity contribution in [3.63, 3.8) is 0 Å². The van der Waals surface area contributed by atoms with Gasteiger partial charge in [0.15, 0.2) is 0 Å². The Morgan fingerprint density at radius 1 is 0.769 bits per heavy atom. The van der Waals surface area contributed by atoms with Crippen molar-refractivity contribution in [3.8, 4) is 5.75 Å². The zero-order chi connectivity index (χ0) is 35.9. The second kappa shape index (κ2) is 13.9. The highest BCUT2D eigenvalue weighted by Crippen LogP contribution is 2.50. The zero-order valence-corrected chi connectivity index (χ0v) is 30.7. The second-order valence-corrected chi connectivity index (χ2v) is 14.7. The summed E-state index contributed by atoms with van der Waals surface area (Å²) < 4.78 is 6.76. The fourth-order valence-electron chi connectivity index (χ4n) is 7.81. The van der Waals surface area contributed by atoms with Gasteiger partial charge < -0.3 is 9.64 Å². The van der Waals surface area contributed by atoms with E-state index in [-0.39, 0.29) is 17.4 Å². The Balaban J connectivity index is 1.15. The fraction of sp³-hybridized carbons (Fsp3) is 0.205. The number of benzene rings is 5. The highest BCUT2D eigenvalue weighted by Gasteiger charge is 2.40. The van der Waals surface area contributed by atoms with E-state index in [4.69, 9.17) is 4.74 Å². The van der Waals surface area contributed by atoms with Crippen LogP contribution in [-0.4, -0.2) is 30.9 Å². The summed E-state index contributed by atoms with van der Waals surface area (Å²) in [6.07, 6.45) is 3.36. The van der Waals surface area contributed by atoms with Crippen LogP contribution in [0.4, 0.5) is 16.2 Å². The molecule has 1 N–H and O–H groups in total. The van der Waals surface area contributed by atoms with Gasteiger partial charge in [-0.05, 0) is 117 Å². The highest BCUT2D eigenvalue weighted by atomic mass is 79.9. The van der Waals surface area contributed by atoms with Crippen LogP contribution in [0.2, 0.25) is 0 Å². The standard InChI is InChI=1S/C44H38BrN3O4/c1-27-13-14-30(21-28(27)2)26-52-40-16-15-29(23-39(40)45)22-38-42(49)46-44(51)48(43(38)50)33-24-36-34(31-9-5-3-6-10-31)17-19-47-20-18-35(37(25-33)41(36)47)32-11-7-4-8-12-32/h3-16,21-25,34-35H,17-20,26H2,1-2H3,(H,46,49,51)/b38-22+/t34-,35-/m0/s1. The van der Waals surface area contributed by atoms with Crippen LogP contribution in [-0.2, 0) is 16.2 Å². The van der Waals surface area contributed by atoms with Crippen LogP contribution in [0.1, 0.15) is 69.2 Å². The Hall–Kier alpha value is -5.47. The van der Waals surface area contributed by atoms with Crippen molar-refractivity contribution < 1.29 is 19.1 Å². The summed E-state index contributed by atoms with van der Waals surface area (Å²) in [5.74, 6) is -0.577. The lowest BCUT2D eigenvalue weighted by Gasteiger charge is -2.44. The number of hydrogen-bond acceptors (Lipinski definition) is 5. The van der Waals surface area contributed by atoms with E-state index in [2.05, 4.69) is 101 Å². The molecule has 7 nitrogen and oxygen atoms in total. The Bertz CT molecular complexity index is 2180. The molecule has 0 radical (unpaired) electrons. The van der Waals surface area contributed by atoms with Crippen molar-refractivity contribution >= 4 is 51.2 Å². The van der Waals surface area contributed by atoms with Gasteiger partial charge in [0.25, 0.3) is 11.8 Å². The van der Waals surface area contributed by atoms with Gasteiger partial charge in [-0.2, -0.15) is 0 Å². The third-order valence-electron chi connectivity index (χ3n) is 10.6. The van der Waals surface area contributed by atoms with Gasteiger partial charge in [0.1, 0.15) is 17.9 Å². The molecule has 0 aromatic heterocycles. The summed E-state index contributed by atoms with van der Waals surface area (Å²) in [4.78, 5) is 44.7. The average molecular weight is 753 g/mol. The molecule has 1 saturated heterocycles. The number of aryl methyl sites for hydroxylation is 2. The molecule has 4 amide bonds. The van der Waals surface area contributed by atoms with E-state index >= 15 is 0 Å². The van der Waals surface area contributed by atoms with Crippen LogP contribution >= 0.6 is 15.9 Å². The number of carbonyl (C=O) groups is 3. The number of barbiturate groups is 1. The summed E-state index contributed by atoms with van der Waals surface area (Å²) in [6.45, 7) is 6.41. The lowest BCUT2D eigenvalue weighted by Crippen LogP contribution is -2.54. The first-order valence-electron chi connectivity index (χ1n) is 17.7. The molecule has 3 aliphatic rings. The number of anilines is 2. The number of halogens is 1. The first kappa shape index (κ1) is 33.7. The van der Waals surface area contributed by atoms with Crippen molar-refractivity contribution in [1.82, 2.24) is 5.32 Å². The SMILES string of the molecule is Cc1ccc(COc2ccc(/C=C3\C(=O)NC(=O)N(c4cc5c6c(c4)[C@H](c4ccccc4)CCN6CC[C@H]5c4ccccc4)C3=O)cc2Br)cc1C. The normalized spacial score (nSPS) is 19.1. The minimum absolute atomic E-state index is 0.0911. The Labute approximate surface area is 312 Å². The lowest BCUT2D eigenvalue weighted by atomic mass is 9.76. The van der Waals surface area contributed by atoms with Crippen LogP contribution in [0, 0.1) is 13.8 Å². The monoisotopic (exact) mass is 751 g/mol. The number of imide groups is 2. The Morgan fingerprint density at radius 3 is 2.00 bits per heavy atom. The number of carbonyl (C=O) groups excluding carboxylic acids is 3. The molecule has 0 aliphatic carbocycles. The second-order valence-electron chi connectivity index (χ2n) is 13.8. The number of hydrogen-bond donors (Lipinski definition) is 1. The van der Waals surface area contributed by atoms with Gasteiger partial charge in [-0.15, -0.1) is 0 Å². The molecular formula is C44H38BrN3O4. The number of nitrogens with one attached hydrogen (secondary N) is 1. The van der Waals surface area contributed by atoms with Crippen LogP contribution in [0.5, 0.6) is 5.75 Å². The molecule has 0 bridgehead atoms. The largest absolute Gasteiger partial charge is 0.488 e. The molecule has 8 heteroatoms. The van der Waals surface area contributed by atoms with E-state index in [1.165, 1.54) is 34.0 Å². The summed E-state index contributed by atoms with van der Waals surface area (Å²) in [6, 6.07) is 35.7. The molecule has 52 heavy (non-hydrogen) atoms. The van der Waals surface area contributed by atoms with Crippen molar-refractivity contribution in [3.05, 3.63) is 164 Å². The van der Waals surface area contributed by atoms with Gasteiger partial charge in [0.05, 0.1) is 10.2 Å². The van der Waals surface area contributed by atoms with Gasteiger partial charge >= 0.3 is 6.03 Å². The number of amides is 4. The van der Waals surface area contributed by atoms with Crippen molar-refractivity contribution in [2.24, 2.45) is 0 Å². The lowest BCUT2D eigenvalue weighted by molar-refractivity contribution is -0.122. The van der Waals surface area contributed by atoms with Gasteiger partial charge in [-0.25, -0.2) is 9.69 Å². The van der Waals surface area contributed by atoms with E-state index in [0.29, 0.717) is 28.1 Å². The maximum atomic E-state index is 14.3. The third-order valence-corrected chi connectivity index (χ3v) is 11.2. The summed E-state index contributed by atoms with van der Waals surface area (Å²) >= 11 is 3.60. The minimum Gasteiger partial charge on any atom is -0.488 e. The van der Waals surface area contributed by atoms with Gasteiger partial charge in [-0.3, -0.25) is 14.9 Å². The van der Waals surface area contributed by atoms with Crippen LogP contribution in [0.15, 0.2) is 119 Å². The summed E-state index contributed by atoms with van der Waals surface area (Å²) in [5.41, 5.74) is 10.2. The molecule has 260 valence electrons. The number of rotatable bonds is 7. The molecule has 1 fully saturated rings. The molecular weight excluding hydrogens is 714 g/mol. The molecule has 3 heterocycles. The van der Waals surface area contributed by atoms with Crippen molar-refractivity contribution in [2.75, 3.05) is 22.9 Å². The first-order valence-corrected chi connectivity index (χ1v) is 18.5. The van der Waals surface area contributed by atoms with Crippen molar-refractivity contribution in [2.45, 2.75) is 45.1 Å². The summed E-state index contributed by atoms with van der Waals surface area (Å²) in [5, 5.41) is 2.44. The van der Waals surface area contributed by atoms with Crippen LogP contribution in [0.3, 0.4) is 0 Å². The molecule has 8 rings (SSSR count). The van der Waals surface area contributed by atoms with Gasteiger partial charge in [-0.1, -0.05) is 84.9 Å². The quantitative estimate of drug-likeness (QED) is 0.133. The first-order chi connectivity index (χ1) is 25.2. The molecule has 0 saturated carbocycles. The molecule has 5 aromatic carbocycles. The van der Waals surface area contributed by atoms with Gasteiger partial charge in [0.2, 0.25) is 0 Å². The number of ether oxygens (including phenoxy) is 1. The van der Waals surface area contributed by atoms with E-state index < -0.39 is 17.8 Å². The maximum Gasteiger partial charge on any atom is 0.335 e. The Kier molecular flexibility index (Phi) is 9.01.